The lowest BCUT2D eigenvalue weighted by Gasteiger charge is -2.16. The predicted octanol–water partition coefficient (Wildman–Crippen LogP) is 4.24. The van der Waals surface area contributed by atoms with Gasteiger partial charge in [0.1, 0.15) is 5.69 Å². The summed E-state index contributed by atoms with van der Waals surface area (Å²) >= 11 is 0. The summed E-state index contributed by atoms with van der Waals surface area (Å²) in [5.41, 5.74) is 1.64. The van der Waals surface area contributed by atoms with Gasteiger partial charge >= 0.3 is 18.3 Å². The number of nitrogens with zero attached hydrogens (tertiary/aromatic N) is 4. The lowest BCUT2D eigenvalue weighted by Crippen LogP contribution is -2.21. The maximum Gasteiger partial charge on any atom is 0.434 e. The first-order valence-corrected chi connectivity index (χ1v) is 5.44. The summed E-state index contributed by atoms with van der Waals surface area (Å²) < 4.78 is 80.7. The summed E-state index contributed by atoms with van der Waals surface area (Å²) in [7, 11) is 0. The SMILES string of the molecule is CCOC(=O)c1c(N=[N+]=[N-])cc(C(F)(F)F)nc1C(F)(F)F. The van der Waals surface area contributed by atoms with Gasteiger partial charge in [0.15, 0.2) is 5.69 Å². The minimum Gasteiger partial charge on any atom is -0.462 e. The van der Waals surface area contributed by atoms with Crippen LogP contribution in [0.1, 0.15) is 28.7 Å². The second kappa shape index (κ2) is 6.10. The third kappa shape index (κ3) is 3.79. The van der Waals surface area contributed by atoms with E-state index in [0.717, 1.165) is 0 Å². The van der Waals surface area contributed by atoms with Crippen molar-refractivity contribution in [2.75, 3.05) is 6.61 Å². The van der Waals surface area contributed by atoms with Crippen molar-refractivity contribution >= 4 is 11.7 Å². The third-order valence-electron chi connectivity index (χ3n) is 2.19. The second-order valence-corrected chi connectivity index (χ2v) is 3.66. The molecule has 120 valence electrons. The zero-order valence-electron chi connectivity index (χ0n) is 10.7. The van der Waals surface area contributed by atoms with E-state index in [9.17, 15) is 31.1 Å². The molecule has 1 aromatic rings. The summed E-state index contributed by atoms with van der Waals surface area (Å²) in [4.78, 5) is 16.1. The van der Waals surface area contributed by atoms with Crippen LogP contribution >= 0.6 is 0 Å². The predicted molar refractivity (Wildman–Crippen MR) is 59.0 cm³/mol. The summed E-state index contributed by atoms with van der Waals surface area (Å²) in [6, 6.07) is 0.0429. The zero-order chi connectivity index (χ0) is 17.1. The van der Waals surface area contributed by atoms with Gasteiger partial charge in [-0.2, -0.15) is 26.3 Å². The van der Waals surface area contributed by atoms with E-state index < -0.39 is 41.0 Å². The molecule has 22 heavy (non-hydrogen) atoms. The van der Waals surface area contributed by atoms with Crippen molar-refractivity contribution in [1.29, 1.82) is 0 Å². The topological polar surface area (TPSA) is 88.0 Å². The fourth-order valence-electron chi connectivity index (χ4n) is 1.41. The van der Waals surface area contributed by atoms with Crippen LogP contribution in [0, 0.1) is 0 Å². The van der Waals surface area contributed by atoms with Gasteiger partial charge in [-0.25, -0.2) is 9.78 Å². The Labute approximate surface area is 118 Å². The van der Waals surface area contributed by atoms with E-state index >= 15 is 0 Å². The van der Waals surface area contributed by atoms with Crippen LogP contribution in [0.4, 0.5) is 32.0 Å². The number of pyridine rings is 1. The van der Waals surface area contributed by atoms with Crippen LogP contribution < -0.4 is 0 Å². The Bertz CT molecular complexity index is 634. The lowest BCUT2D eigenvalue weighted by molar-refractivity contribution is -0.150. The van der Waals surface area contributed by atoms with Crippen LogP contribution in [0.5, 0.6) is 0 Å². The number of hydrogen-bond acceptors (Lipinski definition) is 4. The van der Waals surface area contributed by atoms with E-state index in [1.54, 1.807) is 0 Å². The molecule has 6 nitrogen and oxygen atoms in total. The molecule has 1 aromatic heterocycles. The van der Waals surface area contributed by atoms with Crippen molar-refractivity contribution in [3.8, 4) is 0 Å². The molecule has 0 bridgehead atoms. The summed E-state index contributed by atoms with van der Waals surface area (Å²) in [5, 5.41) is 2.70. The maximum atomic E-state index is 12.9. The number of halogens is 6. The number of aromatic nitrogens is 1. The first-order valence-electron chi connectivity index (χ1n) is 5.44. The van der Waals surface area contributed by atoms with Crippen molar-refractivity contribution in [3.63, 3.8) is 0 Å². The molecule has 0 N–H and O–H groups in total. The number of rotatable bonds is 3. The molecule has 0 aliphatic heterocycles. The summed E-state index contributed by atoms with van der Waals surface area (Å²) in [6.07, 6.45) is -10.6. The van der Waals surface area contributed by atoms with Gasteiger partial charge in [0, 0.05) is 4.91 Å². The molecule has 0 aliphatic carbocycles. The highest BCUT2D eigenvalue weighted by molar-refractivity contribution is 5.96. The minimum absolute atomic E-state index is 0.0429. The molecule has 0 fully saturated rings. The smallest absolute Gasteiger partial charge is 0.434 e. The zero-order valence-corrected chi connectivity index (χ0v) is 10.7. The number of ether oxygens (including phenoxy) is 1. The molecule has 0 saturated heterocycles. The second-order valence-electron chi connectivity index (χ2n) is 3.66. The Balaban J connectivity index is 3.78. The van der Waals surface area contributed by atoms with Gasteiger partial charge in [0.2, 0.25) is 0 Å². The first-order chi connectivity index (χ1) is 10.0. The van der Waals surface area contributed by atoms with Crippen molar-refractivity contribution in [2.45, 2.75) is 19.3 Å². The van der Waals surface area contributed by atoms with E-state index in [1.807, 2.05) is 0 Å². The number of alkyl halides is 6. The molecular formula is C10H6F6N4O2. The molecule has 0 radical (unpaired) electrons. The van der Waals surface area contributed by atoms with Gasteiger partial charge in [-0.15, -0.1) is 0 Å². The first kappa shape index (κ1) is 17.6. The van der Waals surface area contributed by atoms with Gasteiger partial charge in [-0.1, -0.05) is 5.11 Å². The highest BCUT2D eigenvalue weighted by atomic mass is 19.4. The highest BCUT2D eigenvalue weighted by Gasteiger charge is 2.43. The van der Waals surface area contributed by atoms with Gasteiger partial charge in [0.25, 0.3) is 0 Å². The maximum absolute atomic E-state index is 12.9. The van der Waals surface area contributed by atoms with Gasteiger partial charge in [-0.3, -0.25) is 0 Å². The summed E-state index contributed by atoms with van der Waals surface area (Å²) in [6.45, 7) is 0.933. The Morgan fingerprint density at radius 2 is 1.91 bits per heavy atom. The Morgan fingerprint density at radius 3 is 2.32 bits per heavy atom. The molecule has 0 atom stereocenters. The Hall–Kier alpha value is -2.49. The van der Waals surface area contributed by atoms with E-state index in [2.05, 4.69) is 19.7 Å². The van der Waals surface area contributed by atoms with Gasteiger partial charge in [-0.05, 0) is 18.5 Å². The standard InChI is InChI=1S/C10H6F6N4O2/c1-2-22-8(21)6-4(19-20-17)3-5(9(11,12)13)18-7(6)10(14,15)16/h3H,2H2,1H3. The van der Waals surface area contributed by atoms with Gasteiger partial charge < -0.3 is 4.74 Å². The van der Waals surface area contributed by atoms with Gasteiger partial charge in [0.05, 0.1) is 17.9 Å². The number of carbonyl (C=O) groups is 1. The van der Waals surface area contributed by atoms with E-state index in [4.69, 9.17) is 5.53 Å². The molecular weight excluding hydrogens is 322 g/mol. The molecule has 1 rings (SSSR count). The number of hydrogen-bond donors (Lipinski definition) is 0. The lowest BCUT2D eigenvalue weighted by atomic mass is 10.1. The fraction of sp³-hybridized carbons (Fsp3) is 0.400. The monoisotopic (exact) mass is 328 g/mol. The molecule has 12 heteroatoms. The van der Waals surface area contributed by atoms with Crippen LogP contribution in [-0.2, 0) is 17.1 Å². The molecule has 0 aromatic carbocycles. The number of carbonyl (C=O) groups excluding carboxylic acids is 1. The van der Waals surface area contributed by atoms with E-state index in [1.165, 1.54) is 6.92 Å². The third-order valence-corrected chi connectivity index (χ3v) is 2.19. The summed E-state index contributed by atoms with van der Waals surface area (Å²) in [5.74, 6) is -1.60. The molecule has 0 spiro atoms. The quantitative estimate of drug-likeness (QED) is 0.273. The molecule has 0 unspecified atom stereocenters. The number of azide groups is 1. The average molecular weight is 328 g/mol. The molecule has 0 aliphatic rings. The normalized spacial score (nSPS) is 11.8. The van der Waals surface area contributed by atoms with Crippen LogP contribution in [0.25, 0.3) is 10.4 Å². The molecule has 0 saturated carbocycles. The van der Waals surface area contributed by atoms with Crippen LogP contribution in [0.3, 0.4) is 0 Å². The highest BCUT2D eigenvalue weighted by Crippen LogP contribution is 2.39. The molecule has 1 heterocycles. The van der Waals surface area contributed by atoms with Crippen LogP contribution in [0.2, 0.25) is 0 Å². The number of esters is 1. The van der Waals surface area contributed by atoms with E-state index in [0.29, 0.717) is 0 Å². The molecule has 0 amide bonds. The van der Waals surface area contributed by atoms with Crippen LogP contribution in [0.15, 0.2) is 11.2 Å². The Morgan fingerprint density at radius 1 is 1.32 bits per heavy atom. The minimum atomic E-state index is -5.39. The largest absolute Gasteiger partial charge is 0.462 e. The van der Waals surface area contributed by atoms with Crippen molar-refractivity contribution in [1.82, 2.24) is 4.98 Å². The van der Waals surface area contributed by atoms with E-state index in [-0.39, 0.29) is 12.7 Å². The fourth-order valence-corrected chi connectivity index (χ4v) is 1.41. The van der Waals surface area contributed by atoms with Crippen molar-refractivity contribution < 1.29 is 35.9 Å². The Kier molecular flexibility index (Phi) is 4.87. The average Bonchev–Trinajstić information content (AvgIpc) is 2.36. The van der Waals surface area contributed by atoms with Crippen molar-refractivity contribution in [3.05, 3.63) is 33.5 Å². The van der Waals surface area contributed by atoms with Crippen LogP contribution in [-0.4, -0.2) is 17.6 Å². The van der Waals surface area contributed by atoms with Crippen molar-refractivity contribution in [2.24, 2.45) is 5.11 Å².